The van der Waals surface area contributed by atoms with Crippen molar-refractivity contribution in [3.8, 4) is 5.75 Å². The van der Waals surface area contributed by atoms with E-state index in [2.05, 4.69) is 39.9 Å². The van der Waals surface area contributed by atoms with Crippen LogP contribution in [0.5, 0.6) is 5.75 Å². The molecule has 0 saturated carbocycles. The van der Waals surface area contributed by atoms with Crippen molar-refractivity contribution in [1.29, 1.82) is 0 Å². The van der Waals surface area contributed by atoms with Gasteiger partial charge in [0.2, 0.25) is 0 Å². The molecule has 1 aliphatic carbocycles. The third-order valence-corrected chi connectivity index (χ3v) is 9.94. The Morgan fingerprint density at radius 1 is 1.08 bits per heavy atom. The SMILES string of the molecule is Cc1cc(O[Si](C)(C)C(C)(C)C)c2c3c(c(=O)oc2c1)CCCC3. The molecule has 2 aromatic rings. The topological polar surface area (TPSA) is 39.4 Å². The molecule has 0 atom stereocenters. The first kappa shape index (κ1) is 17.3. The normalized spacial score (nSPS) is 15.4. The standard InChI is InChI=1S/C20H28O3Si/c1-13-11-16-18(14-9-7-8-10-15(14)19(21)22-16)17(12-13)23-24(5,6)20(2,3)4/h11-12H,7-10H2,1-6H3. The van der Waals surface area contributed by atoms with Crippen LogP contribution in [0.1, 0.15) is 50.3 Å². The molecular formula is C20H28O3Si. The van der Waals surface area contributed by atoms with Gasteiger partial charge in [-0.3, -0.25) is 0 Å². The maximum absolute atomic E-state index is 12.3. The summed E-state index contributed by atoms with van der Waals surface area (Å²) in [6, 6.07) is 4.07. The smallest absolute Gasteiger partial charge is 0.339 e. The van der Waals surface area contributed by atoms with Gasteiger partial charge in [0.15, 0.2) is 0 Å². The average molecular weight is 345 g/mol. The van der Waals surface area contributed by atoms with E-state index in [0.29, 0.717) is 5.58 Å². The Balaban J connectivity index is 2.26. The highest BCUT2D eigenvalue weighted by Crippen LogP contribution is 2.41. The first-order valence-electron chi connectivity index (χ1n) is 8.88. The molecule has 0 bridgehead atoms. The maximum Gasteiger partial charge on any atom is 0.339 e. The highest BCUT2D eigenvalue weighted by atomic mass is 28.4. The van der Waals surface area contributed by atoms with Crippen LogP contribution >= 0.6 is 0 Å². The summed E-state index contributed by atoms with van der Waals surface area (Å²) < 4.78 is 12.3. The summed E-state index contributed by atoms with van der Waals surface area (Å²) in [5, 5.41) is 1.15. The van der Waals surface area contributed by atoms with Crippen molar-refractivity contribution in [3.05, 3.63) is 39.2 Å². The van der Waals surface area contributed by atoms with Crippen molar-refractivity contribution < 1.29 is 8.84 Å². The molecule has 0 unspecified atom stereocenters. The van der Waals surface area contributed by atoms with Gasteiger partial charge < -0.3 is 8.84 Å². The second-order valence-electron chi connectivity index (χ2n) is 8.55. The molecule has 0 spiro atoms. The highest BCUT2D eigenvalue weighted by molar-refractivity contribution is 6.74. The Morgan fingerprint density at radius 3 is 2.33 bits per heavy atom. The molecule has 0 aliphatic heterocycles. The largest absolute Gasteiger partial charge is 0.543 e. The number of hydrogen-bond acceptors (Lipinski definition) is 3. The monoisotopic (exact) mass is 344 g/mol. The van der Waals surface area contributed by atoms with Crippen molar-refractivity contribution in [2.75, 3.05) is 0 Å². The minimum atomic E-state index is -1.96. The van der Waals surface area contributed by atoms with Crippen LogP contribution in [0.15, 0.2) is 21.3 Å². The van der Waals surface area contributed by atoms with Crippen LogP contribution in [-0.2, 0) is 12.8 Å². The van der Waals surface area contributed by atoms with Gasteiger partial charge in [-0.25, -0.2) is 4.79 Å². The molecule has 0 radical (unpaired) electrons. The second kappa shape index (κ2) is 5.76. The lowest BCUT2D eigenvalue weighted by molar-refractivity contribution is 0.490. The van der Waals surface area contributed by atoms with Gasteiger partial charge in [0, 0.05) is 5.56 Å². The van der Waals surface area contributed by atoms with Crippen LogP contribution < -0.4 is 10.1 Å². The molecule has 1 aromatic heterocycles. The van der Waals surface area contributed by atoms with Crippen LogP contribution in [0.2, 0.25) is 18.1 Å². The third kappa shape index (κ3) is 2.92. The van der Waals surface area contributed by atoms with Gasteiger partial charge in [0.1, 0.15) is 11.3 Å². The highest BCUT2D eigenvalue weighted by Gasteiger charge is 2.39. The van der Waals surface area contributed by atoms with Gasteiger partial charge in [0.05, 0.1) is 5.39 Å². The van der Waals surface area contributed by atoms with Crippen LogP contribution in [-0.4, -0.2) is 8.32 Å². The summed E-state index contributed by atoms with van der Waals surface area (Å²) in [5.74, 6) is 0.901. The zero-order chi connectivity index (χ0) is 17.7. The van der Waals surface area contributed by atoms with Crippen molar-refractivity contribution in [1.82, 2.24) is 0 Å². The summed E-state index contributed by atoms with van der Waals surface area (Å²) in [5.41, 5.74) is 3.59. The van der Waals surface area contributed by atoms with Crippen molar-refractivity contribution >= 4 is 19.3 Å². The lowest BCUT2D eigenvalue weighted by Gasteiger charge is -2.37. The molecule has 0 fully saturated rings. The number of fused-ring (bicyclic) bond motifs is 3. The fraction of sp³-hybridized carbons (Fsp3) is 0.550. The number of benzene rings is 1. The summed E-state index contributed by atoms with van der Waals surface area (Å²) in [6.45, 7) is 13.3. The zero-order valence-corrected chi connectivity index (χ0v) is 16.7. The molecule has 0 amide bonds. The molecule has 1 heterocycles. The molecule has 3 rings (SSSR count). The van der Waals surface area contributed by atoms with Crippen molar-refractivity contribution in [3.63, 3.8) is 0 Å². The number of aryl methyl sites for hydroxylation is 2. The fourth-order valence-corrected chi connectivity index (χ4v) is 4.19. The Kier molecular flexibility index (Phi) is 4.15. The van der Waals surface area contributed by atoms with Crippen LogP contribution in [0, 0.1) is 6.92 Å². The average Bonchev–Trinajstić information content (AvgIpc) is 2.45. The van der Waals surface area contributed by atoms with E-state index in [1.54, 1.807) is 0 Å². The van der Waals surface area contributed by atoms with Gasteiger partial charge in [-0.15, -0.1) is 0 Å². The van der Waals surface area contributed by atoms with Crippen LogP contribution in [0.3, 0.4) is 0 Å². The summed E-state index contributed by atoms with van der Waals surface area (Å²) >= 11 is 0. The first-order chi connectivity index (χ1) is 11.1. The van der Waals surface area contributed by atoms with Crippen molar-refractivity contribution in [2.45, 2.75) is 71.5 Å². The summed E-state index contributed by atoms with van der Waals surface area (Å²) in [6.07, 6.45) is 3.95. The van der Waals surface area contributed by atoms with E-state index in [4.69, 9.17) is 8.84 Å². The Hall–Kier alpha value is -1.55. The molecular weight excluding hydrogens is 316 g/mol. The van der Waals surface area contributed by atoms with Gasteiger partial charge >= 0.3 is 5.63 Å². The van der Waals surface area contributed by atoms with E-state index in [9.17, 15) is 4.79 Å². The molecule has 4 heteroatoms. The van der Waals surface area contributed by atoms with E-state index >= 15 is 0 Å². The van der Waals surface area contributed by atoms with Gasteiger partial charge in [0.25, 0.3) is 8.32 Å². The van der Waals surface area contributed by atoms with Gasteiger partial charge in [-0.2, -0.15) is 0 Å². The molecule has 0 saturated heterocycles. The maximum atomic E-state index is 12.3. The molecule has 3 nitrogen and oxygen atoms in total. The Bertz CT molecular complexity index is 841. The number of hydrogen-bond donors (Lipinski definition) is 0. The van der Waals surface area contributed by atoms with E-state index in [-0.39, 0.29) is 10.7 Å². The Labute approximate surface area is 145 Å². The third-order valence-electron chi connectivity index (χ3n) is 5.60. The minimum absolute atomic E-state index is 0.124. The molecule has 0 N–H and O–H groups in total. The molecule has 1 aromatic carbocycles. The predicted molar refractivity (Wildman–Crippen MR) is 102 cm³/mol. The molecule has 1 aliphatic rings. The zero-order valence-electron chi connectivity index (χ0n) is 15.7. The fourth-order valence-electron chi connectivity index (χ4n) is 3.18. The van der Waals surface area contributed by atoms with E-state index in [0.717, 1.165) is 53.5 Å². The Morgan fingerprint density at radius 2 is 1.71 bits per heavy atom. The van der Waals surface area contributed by atoms with Crippen LogP contribution in [0.4, 0.5) is 0 Å². The predicted octanol–water partition coefficient (Wildman–Crippen LogP) is 5.36. The lowest BCUT2D eigenvalue weighted by atomic mass is 9.90. The lowest BCUT2D eigenvalue weighted by Crippen LogP contribution is -2.44. The molecule has 24 heavy (non-hydrogen) atoms. The summed E-state index contributed by atoms with van der Waals surface area (Å²) in [4.78, 5) is 12.3. The quantitative estimate of drug-likeness (QED) is 0.543. The van der Waals surface area contributed by atoms with Gasteiger partial charge in [-0.05, 0) is 74.0 Å². The van der Waals surface area contributed by atoms with Gasteiger partial charge in [-0.1, -0.05) is 20.8 Å². The number of rotatable bonds is 2. The van der Waals surface area contributed by atoms with Crippen molar-refractivity contribution in [2.24, 2.45) is 0 Å². The van der Waals surface area contributed by atoms with Crippen LogP contribution in [0.25, 0.3) is 11.0 Å². The minimum Gasteiger partial charge on any atom is -0.543 e. The second-order valence-corrected chi connectivity index (χ2v) is 13.3. The van der Waals surface area contributed by atoms with E-state index in [1.165, 1.54) is 0 Å². The van der Waals surface area contributed by atoms with E-state index in [1.807, 2.05) is 13.0 Å². The van der Waals surface area contributed by atoms with E-state index < -0.39 is 8.32 Å². The summed E-state index contributed by atoms with van der Waals surface area (Å²) in [7, 11) is -1.96. The molecule has 130 valence electrons. The first-order valence-corrected chi connectivity index (χ1v) is 11.8.